The number of aromatic amines is 1. The topological polar surface area (TPSA) is 67.3 Å². The van der Waals surface area contributed by atoms with Crippen LogP contribution in [0.4, 0.5) is 0 Å². The normalized spacial score (nSPS) is 10.6. The maximum Gasteiger partial charge on any atom is 0.198 e. The molecule has 2 aromatic heterocycles. The Morgan fingerprint density at radius 1 is 1.47 bits per heavy atom. The molecule has 78 valence electrons. The van der Waals surface area contributed by atoms with Crippen molar-refractivity contribution < 1.29 is 0 Å². The molecule has 0 saturated heterocycles. The lowest BCUT2D eigenvalue weighted by molar-refractivity contribution is 0.971. The van der Waals surface area contributed by atoms with E-state index in [1.807, 2.05) is 6.92 Å². The van der Waals surface area contributed by atoms with Crippen LogP contribution in [0.1, 0.15) is 12.6 Å². The van der Waals surface area contributed by atoms with Crippen molar-refractivity contribution >= 4 is 34.2 Å². The second kappa shape index (κ2) is 4.40. The third-order valence-electron chi connectivity index (χ3n) is 1.84. The van der Waals surface area contributed by atoms with E-state index in [-0.39, 0.29) is 0 Å². The van der Waals surface area contributed by atoms with Crippen LogP contribution in [0, 0.1) is 3.57 Å². The van der Waals surface area contributed by atoms with E-state index in [4.69, 9.17) is 11.6 Å². The summed E-state index contributed by atoms with van der Waals surface area (Å²) in [6.07, 6.45) is 2.22. The molecule has 0 unspecified atom stereocenters. The van der Waals surface area contributed by atoms with Gasteiger partial charge in [-0.25, -0.2) is 15.0 Å². The number of aromatic nitrogens is 5. The number of hydrogen-bond acceptors (Lipinski definition) is 4. The van der Waals surface area contributed by atoms with Crippen molar-refractivity contribution in [1.29, 1.82) is 0 Å². The second-order valence-electron chi connectivity index (χ2n) is 2.79. The van der Waals surface area contributed by atoms with E-state index in [1.165, 1.54) is 6.33 Å². The highest BCUT2D eigenvalue weighted by Crippen LogP contribution is 2.22. The van der Waals surface area contributed by atoms with Crippen molar-refractivity contribution in [2.24, 2.45) is 0 Å². The zero-order valence-electron chi connectivity index (χ0n) is 7.83. The summed E-state index contributed by atoms with van der Waals surface area (Å²) in [4.78, 5) is 12.5. The molecule has 15 heavy (non-hydrogen) atoms. The van der Waals surface area contributed by atoms with E-state index >= 15 is 0 Å². The second-order valence-corrected chi connectivity index (χ2v) is 4.22. The molecule has 5 nitrogen and oxygen atoms in total. The molecule has 0 atom stereocenters. The molecule has 2 heterocycles. The van der Waals surface area contributed by atoms with Gasteiger partial charge in [-0.1, -0.05) is 18.5 Å². The fourth-order valence-corrected chi connectivity index (χ4v) is 1.93. The summed E-state index contributed by atoms with van der Waals surface area (Å²) < 4.78 is 0.889. The Labute approximate surface area is 105 Å². The lowest BCUT2D eigenvalue weighted by Crippen LogP contribution is -2.00. The number of nitrogens with zero attached hydrogens (tertiary/aromatic N) is 4. The fraction of sp³-hybridized carbons (Fsp3) is 0.250. The quantitative estimate of drug-likeness (QED) is 0.674. The first kappa shape index (κ1) is 10.7. The lowest BCUT2D eigenvalue weighted by Gasteiger charge is -2.04. The minimum atomic E-state index is 0.453. The van der Waals surface area contributed by atoms with Crippen molar-refractivity contribution in [2.75, 3.05) is 0 Å². The Morgan fingerprint density at radius 3 is 2.87 bits per heavy atom. The number of nitrogens with one attached hydrogen (secondary N) is 1. The lowest BCUT2D eigenvalue weighted by atomic mass is 10.3. The molecular formula is C8H7ClIN5. The molecule has 7 heteroatoms. The largest absolute Gasteiger partial charge is 0.257 e. The maximum atomic E-state index is 5.99. The van der Waals surface area contributed by atoms with E-state index in [0.29, 0.717) is 16.8 Å². The molecule has 0 saturated carbocycles. The van der Waals surface area contributed by atoms with Gasteiger partial charge in [0, 0.05) is 0 Å². The average molecular weight is 336 g/mol. The summed E-state index contributed by atoms with van der Waals surface area (Å²) in [7, 11) is 0. The number of aryl methyl sites for hydroxylation is 1. The standard InChI is InChI=1S/C8H7ClIN5/c1-2-4-5(10)6(9)14-8(13-4)7-11-3-12-15-7/h3H,2H2,1H3,(H,11,12,15). The van der Waals surface area contributed by atoms with Crippen LogP contribution < -0.4 is 0 Å². The molecule has 0 aromatic carbocycles. The zero-order chi connectivity index (χ0) is 10.8. The molecule has 0 amide bonds. The van der Waals surface area contributed by atoms with Crippen LogP contribution >= 0.6 is 34.2 Å². The van der Waals surface area contributed by atoms with Gasteiger partial charge in [-0.2, -0.15) is 5.10 Å². The van der Waals surface area contributed by atoms with E-state index in [1.54, 1.807) is 0 Å². The van der Waals surface area contributed by atoms with E-state index in [9.17, 15) is 0 Å². The van der Waals surface area contributed by atoms with Crippen molar-refractivity contribution in [3.63, 3.8) is 0 Å². The van der Waals surface area contributed by atoms with Crippen LogP contribution in [0.3, 0.4) is 0 Å². The first-order chi connectivity index (χ1) is 7.22. The first-order valence-corrected chi connectivity index (χ1v) is 5.75. The third kappa shape index (κ3) is 2.10. The summed E-state index contributed by atoms with van der Waals surface area (Å²) in [6.45, 7) is 2.02. The SMILES string of the molecule is CCc1nc(-c2ncn[nH]2)nc(Cl)c1I. The van der Waals surface area contributed by atoms with Crippen molar-refractivity contribution in [3.05, 3.63) is 20.7 Å². The Morgan fingerprint density at radius 2 is 2.27 bits per heavy atom. The molecule has 0 spiro atoms. The highest BCUT2D eigenvalue weighted by molar-refractivity contribution is 14.1. The minimum Gasteiger partial charge on any atom is -0.257 e. The van der Waals surface area contributed by atoms with Gasteiger partial charge >= 0.3 is 0 Å². The van der Waals surface area contributed by atoms with Crippen molar-refractivity contribution in [1.82, 2.24) is 25.1 Å². The van der Waals surface area contributed by atoms with Gasteiger partial charge in [0.1, 0.15) is 11.5 Å². The number of hydrogen-bond donors (Lipinski definition) is 1. The van der Waals surface area contributed by atoms with Gasteiger partial charge in [-0.05, 0) is 29.0 Å². The highest BCUT2D eigenvalue weighted by atomic mass is 127. The van der Waals surface area contributed by atoms with Gasteiger partial charge in [0.25, 0.3) is 0 Å². The molecular weight excluding hydrogens is 328 g/mol. The fourth-order valence-electron chi connectivity index (χ4n) is 1.12. The van der Waals surface area contributed by atoms with Crippen LogP contribution in [0.25, 0.3) is 11.6 Å². The predicted octanol–water partition coefficient (Wildman–Crippen LogP) is 2.08. The zero-order valence-corrected chi connectivity index (χ0v) is 10.7. The van der Waals surface area contributed by atoms with Crippen molar-refractivity contribution in [2.45, 2.75) is 13.3 Å². The summed E-state index contributed by atoms with van der Waals surface area (Å²) in [6, 6.07) is 0. The van der Waals surface area contributed by atoms with E-state index in [0.717, 1.165) is 15.7 Å². The number of rotatable bonds is 2. The summed E-state index contributed by atoms with van der Waals surface area (Å²) in [5.41, 5.74) is 0.919. The van der Waals surface area contributed by atoms with Crippen LogP contribution in [0.15, 0.2) is 6.33 Å². The summed E-state index contributed by atoms with van der Waals surface area (Å²) in [5, 5.41) is 6.90. The smallest absolute Gasteiger partial charge is 0.198 e. The molecule has 0 fully saturated rings. The molecule has 0 radical (unpaired) electrons. The van der Waals surface area contributed by atoms with E-state index in [2.05, 4.69) is 47.7 Å². The molecule has 2 rings (SSSR count). The third-order valence-corrected chi connectivity index (χ3v) is 3.57. The highest BCUT2D eigenvalue weighted by Gasteiger charge is 2.12. The van der Waals surface area contributed by atoms with Gasteiger partial charge in [-0.15, -0.1) is 0 Å². The van der Waals surface area contributed by atoms with Gasteiger partial charge in [0.05, 0.1) is 9.26 Å². The Bertz CT molecular complexity index is 470. The molecule has 0 aliphatic rings. The van der Waals surface area contributed by atoms with Crippen molar-refractivity contribution in [3.8, 4) is 11.6 Å². The van der Waals surface area contributed by atoms with E-state index < -0.39 is 0 Å². The summed E-state index contributed by atoms with van der Waals surface area (Å²) in [5.74, 6) is 1.01. The molecule has 0 bridgehead atoms. The minimum absolute atomic E-state index is 0.453. The van der Waals surface area contributed by atoms with Gasteiger partial charge in [-0.3, -0.25) is 5.10 Å². The molecule has 2 aromatic rings. The van der Waals surface area contributed by atoms with Gasteiger partial charge in [0.2, 0.25) is 0 Å². The number of H-pyrrole nitrogens is 1. The Balaban J connectivity index is 2.55. The summed E-state index contributed by atoms with van der Waals surface area (Å²) >= 11 is 8.13. The molecule has 0 aliphatic carbocycles. The molecule has 1 N–H and O–H groups in total. The predicted molar refractivity (Wildman–Crippen MR) is 64.5 cm³/mol. The van der Waals surface area contributed by atoms with Crippen LogP contribution in [0.2, 0.25) is 5.15 Å². The Kier molecular flexibility index (Phi) is 3.15. The average Bonchev–Trinajstić information content (AvgIpc) is 2.75. The monoisotopic (exact) mass is 335 g/mol. The molecule has 0 aliphatic heterocycles. The van der Waals surface area contributed by atoms with Crippen LogP contribution in [0.5, 0.6) is 0 Å². The van der Waals surface area contributed by atoms with Gasteiger partial charge < -0.3 is 0 Å². The Hall–Kier alpha value is -0.760. The van der Waals surface area contributed by atoms with Crippen LogP contribution in [-0.4, -0.2) is 25.1 Å². The first-order valence-electron chi connectivity index (χ1n) is 4.30. The number of halogens is 2. The van der Waals surface area contributed by atoms with Gasteiger partial charge in [0.15, 0.2) is 11.6 Å². The maximum absolute atomic E-state index is 5.99. The van der Waals surface area contributed by atoms with Crippen LogP contribution in [-0.2, 0) is 6.42 Å².